The van der Waals surface area contributed by atoms with Gasteiger partial charge in [0.2, 0.25) is 5.60 Å². The molecule has 2 aliphatic rings. The Bertz CT molecular complexity index is 1030. The summed E-state index contributed by atoms with van der Waals surface area (Å²) >= 11 is 0. The third-order valence-corrected chi connectivity index (χ3v) is 5.07. The predicted octanol–water partition coefficient (Wildman–Crippen LogP) is -0.0114. The predicted molar refractivity (Wildman–Crippen MR) is 99.5 cm³/mol. The van der Waals surface area contributed by atoms with E-state index in [2.05, 4.69) is 16.9 Å². The van der Waals surface area contributed by atoms with Crippen molar-refractivity contribution in [3.63, 3.8) is 0 Å². The fourth-order valence-electron chi connectivity index (χ4n) is 3.51. The third kappa shape index (κ3) is 3.05. The molecule has 1 aromatic heterocycles. The van der Waals surface area contributed by atoms with Crippen molar-refractivity contribution in [1.82, 2.24) is 14.7 Å². The molecular weight excluding hydrogens is 360 g/mol. The van der Waals surface area contributed by atoms with Gasteiger partial charge in [-0.3, -0.25) is 9.59 Å². The van der Waals surface area contributed by atoms with Crippen molar-refractivity contribution in [1.29, 1.82) is 0 Å². The number of hydrogen-bond acceptors (Lipinski definition) is 5. The summed E-state index contributed by atoms with van der Waals surface area (Å²) in [5.41, 5.74) is 6.97. The molecule has 1 saturated heterocycles. The molecular formula is C20H20N4O4. The molecule has 1 aromatic carbocycles. The second-order valence-corrected chi connectivity index (χ2v) is 6.99. The maximum atomic E-state index is 12.1. The molecule has 0 bridgehead atoms. The molecule has 1 fully saturated rings. The Morgan fingerprint density at radius 1 is 1.43 bits per heavy atom. The first-order chi connectivity index (χ1) is 13.4. The van der Waals surface area contributed by atoms with Crippen LogP contribution in [0.5, 0.6) is 0 Å². The standard InChI is InChI=1S/C20H20N4O4/c1-23-9-8-20(27,19(23)26)7-5-13-3-2-4-14(11-13)24-16-6-10-28-12-15(16)17(22-24)18(21)25/h2-4,11,27H,6,8-10,12H2,1H3,(H2,21,25). The van der Waals surface area contributed by atoms with E-state index < -0.39 is 11.5 Å². The molecule has 28 heavy (non-hydrogen) atoms. The minimum Gasteiger partial charge on any atom is -0.376 e. The van der Waals surface area contributed by atoms with Crippen LogP contribution < -0.4 is 5.73 Å². The number of ether oxygens (including phenoxy) is 1. The number of benzene rings is 1. The Morgan fingerprint density at radius 2 is 2.25 bits per heavy atom. The average molecular weight is 380 g/mol. The fraction of sp³-hybridized carbons (Fsp3) is 0.350. The molecule has 144 valence electrons. The lowest BCUT2D eigenvalue weighted by Gasteiger charge is -2.15. The lowest BCUT2D eigenvalue weighted by Crippen LogP contribution is -2.37. The lowest BCUT2D eigenvalue weighted by molar-refractivity contribution is -0.137. The molecule has 3 N–H and O–H groups in total. The highest BCUT2D eigenvalue weighted by Crippen LogP contribution is 2.25. The molecule has 8 nitrogen and oxygen atoms in total. The molecule has 1 atom stereocenters. The van der Waals surface area contributed by atoms with Crippen molar-refractivity contribution in [2.24, 2.45) is 5.73 Å². The first-order valence-corrected chi connectivity index (χ1v) is 8.99. The summed E-state index contributed by atoms with van der Waals surface area (Å²) in [6.45, 7) is 1.32. The first kappa shape index (κ1) is 18.2. The normalized spacial score (nSPS) is 21.2. The molecule has 2 amide bonds. The maximum Gasteiger partial charge on any atom is 0.269 e. The number of fused-ring (bicyclic) bond motifs is 1. The van der Waals surface area contributed by atoms with E-state index in [0.29, 0.717) is 37.3 Å². The van der Waals surface area contributed by atoms with E-state index in [1.54, 1.807) is 23.9 Å². The van der Waals surface area contributed by atoms with Gasteiger partial charge in [0.1, 0.15) is 0 Å². The number of likely N-dealkylation sites (N-methyl/N-ethyl adjacent to an activating group) is 1. The van der Waals surface area contributed by atoms with Gasteiger partial charge in [0.25, 0.3) is 11.8 Å². The van der Waals surface area contributed by atoms with Crippen LogP contribution in [0.4, 0.5) is 0 Å². The van der Waals surface area contributed by atoms with Crippen molar-refractivity contribution in [2.45, 2.75) is 25.0 Å². The number of hydrogen-bond donors (Lipinski definition) is 2. The number of rotatable bonds is 2. The molecule has 4 rings (SSSR count). The van der Waals surface area contributed by atoms with Gasteiger partial charge in [-0.1, -0.05) is 17.9 Å². The van der Waals surface area contributed by atoms with Crippen molar-refractivity contribution in [2.75, 3.05) is 20.2 Å². The van der Waals surface area contributed by atoms with E-state index in [4.69, 9.17) is 10.5 Å². The van der Waals surface area contributed by atoms with Gasteiger partial charge in [-0.15, -0.1) is 0 Å². The van der Waals surface area contributed by atoms with E-state index in [9.17, 15) is 14.7 Å². The number of aromatic nitrogens is 2. The van der Waals surface area contributed by atoms with Crippen LogP contribution in [-0.4, -0.2) is 57.4 Å². The zero-order chi connectivity index (χ0) is 19.9. The van der Waals surface area contributed by atoms with Gasteiger partial charge in [-0.05, 0) is 18.2 Å². The molecule has 3 heterocycles. The summed E-state index contributed by atoms with van der Waals surface area (Å²) in [4.78, 5) is 25.3. The van der Waals surface area contributed by atoms with Crippen LogP contribution >= 0.6 is 0 Å². The Hall–Kier alpha value is -3.15. The summed E-state index contributed by atoms with van der Waals surface area (Å²) < 4.78 is 7.12. The highest BCUT2D eigenvalue weighted by Gasteiger charge is 2.42. The molecule has 2 aliphatic heterocycles. The van der Waals surface area contributed by atoms with E-state index in [1.807, 2.05) is 12.1 Å². The minimum atomic E-state index is -1.65. The van der Waals surface area contributed by atoms with Crippen LogP contribution in [0.2, 0.25) is 0 Å². The van der Waals surface area contributed by atoms with Gasteiger partial charge in [0.15, 0.2) is 5.69 Å². The number of nitrogens with two attached hydrogens (primary N) is 1. The molecule has 0 aliphatic carbocycles. The minimum absolute atomic E-state index is 0.208. The highest BCUT2D eigenvalue weighted by molar-refractivity contribution is 5.92. The smallest absolute Gasteiger partial charge is 0.269 e. The van der Waals surface area contributed by atoms with Gasteiger partial charge < -0.3 is 20.5 Å². The van der Waals surface area contributed by atoms with Crippen LogP contribution in [0.25, 0.3) is 5.69 Å². The van der Waals surface area contributed by atoms with E-state index >= 15 is 0 Å². The van der Waals surface area contributed by atoms with Crippen LogP contribution in [0.15, 0.2) is 24.3 Å². The second kappa shape index (κ2) is 6.78. The van der Waals surface area contributed by atoms with Gasteiger partial charge in [-0.2, -0.15) is 5.10 Å². The summed E-state index contributed by atoms with van der Waals surface area (Å²) in [5.74, 6) is 4.62. The first-order valence-electron chi connectivity index (χ1n) is 8.99. The largest absolute Gasteiger partial charge is 0.376 e. The Morgan fingerprint density at radius 3 is 2.96 bits per heavy atom. The zero-order valence-electron chi connectivity index (χ0n) is 15.4. The quantitative estimate of drug-likeness (QED) is 0.712. The van der Waals surface area contributed by atoms with Crippen molar-refractivity contribution < 1.29 is 19.4 Å². The number of primary amides is 1. The summed E-state index contributed by atoms with van der Waals surface area (Å²) in [6.07, 6.45) is 0.899. The van der Waals surface area contributed by atoms with E-state index in [1.165, 1.54) is 4.90 Å². The van der Waals surface area contributed by atoms with Gasteiger partial charge in [-0.25, -0.2) is 4.68 Å². The summed E-state index contributed by atoms with van der Waals surface area (Å²) in [6, 6.07) is 7.25. The molecule has 8 heteroatoms. The lowest BCUT2D eigenvalue weighted by atomic mass is 10.0. The van der Waals surface area contributed by atoms with Gasteiger partial charge in [0, 0.05) is 37.6 Å². The highest BCUT2D eigenvalue weighted by atomic mass is 16.5. The van der Waals surface area contributed by atoms with Crippen LogP contribution in [0.1, 0.15) is 33.7 Å². The van der Waals surface area contributed by atoms with E-state index in [0.717, 1.165) is 11.4 Å². The molecule has 1 unspecified atom stereocenters. The van der Waals surface area contributed by atoms with Crippen LogP contribution in [0, 0.1) is 11.8 Å². The molecule has 0 radical (unpaired) electrons. The number of carbonyl (C=O) groups excluding carboxylic acids is 2. The van der Waals surface area contributed by atoms with Crippen LogP contribution in [0.3, 0.4) is 0 Å². The van der Waals surface area contributed by atoms with Gasteiger partial charge >= 0.3 is 0 Å². The number of amides is 2. The third-order valence-electron chi connectivity index (χ3n) is 5.07. The Balaban J connectivity index is 1.71. The van der Waals surface area contributed by atoms with Crippen molar-refractivity contribution >= 4 is 11.8 Å². The SMILES string of the molecule is CN1CCC(O)(C#Cc2cccc(-n3nc(C(N)=O)c4c3CCOC4)c2)C1=O. The van der Waals surface area contributed by atoms with E-state index in [-0.39, 0.29) is 18.0 Å². The topological polar surface area (TPSA) is 111 Å². The van der Waals surface area contributed by atoms with Crippen LogP contribution in [-0.2, 0) is 22.6 Å². The average Bonchev–Trinajstić information content (AvgIpc) is 3.21. The number of aliphatic hydroxyl groups is 1. The number of nitrogens with zero attached hydrogens (tertiary/aromatic N) is 3. The maximum absolute atomic E-state index is 12.1. The molecule has 0 spiro atoms. The summed E-state index contributed by atoms with van der Waals surface area (Å²) in [7, 11) is 1.64. The summed E-state index contributed by atoms with van der Waals surface area (Å²) in [5, 5.41) is 14.8. The van der Waals surface area contributed by atoms with Crippen molar-refractivity contribution in [3.8, 4) is 17.5 Å². The zero-order valence-corrected chi connectivity index (χ0v) is 15.4. The molecule has 0 saturated carbocycles. The van der Waals surface area contributed by atoms with Gasteiger partial charge in [0.05, 0.1) is 24.6 Å². The monoisotopic (exact) mass is 380 g/mol. The van der Waals surface area contributed by atoms with Crippen molar-refractivity contribution in [3.05, 3.63) is 46.8 Å². The Kier molecular flexibility index (Phi) is 4.41. The number of carbonyl (C=O) groups is 2. The Labute approximate surface area is 161 Å². The fourth-order valence-corrected chi connectivity index (χ4v) is 3.51. The molecule has 2 aromatic rings. The second-order valence-electron chi connectivity index (χ2n) is 6.99. The number of likely N-dealkylation sites (tertiary alicyclic amines) is 1.